The second-order valence-electron chi connectivity index (χ2n) is 6.53. The van der Waals surface area contributed by atoms with E-state index in [0.717, 1.165) is 28.3 Å². The van der Waals surface area contributed by atoms with Gasteiger partial charge >= 0.3 is 0 Å². The van der Waals surface area contributed by atoms with E-state index in [1.165, 1.54) is 17.3 Å². The number of aromatic nitrogens is 2. The number of aryl methyl sites for hydroxylation is 1. The summed E-state index contributed by atoms with van der Waals surface area (Å²) < 4.78 is 2.12. The lowest BCUT2D eigenvalue weighted by atomic mass is 10.0. The smallest absolute Gasteiger partial charge is 0.250 e. The van der Waals surface area contributed by atoms with Crippen LogP contribution in [0.5, 0.6) is 0 Å². The van der Waals surface area contributed by atoms with Gasteiger partial charge in [0, 0.05) is 6.54 Å². The van der Waals surface area contributed by atoms with E-state index in [-0.39, 0.29) is 11.7 Å². The molecule has 2 aromatic carbocycles. The molecule has 5 nitrogen and oxygen atoms in total. The Kier molecular flexibility index (Phi) is 6.29. The lowest BCUT2D eigenvalue weighted by Gasteiger charge is -2.05. The third-order valence-electron chi connectivity index (χ3n) is 4.27. The van der Waals surface area contributed by atoms with Crippen LogP contribution in [0.1, 0.15) is 37.8 Å². The van der Waals surface area contributed by atoms with Crippen LogP contribution in [0.4, 0.5) is 0 Å². The molecule has 6 heteroatoms. The first-order valence-electron chi connectivity index (χ1n) is 9.08. The fourth-order valence-electron chi connectivity index (χ4n) is 2.78. The number of hydrazone groups is 1. The van der Waals surface area contributed by atoms with Crippen LogP contribution in [0.15, 0.2) is 58.8 Å². The van der Waals surface area contributed by atoms with Crippen molar-refractivity contribution in [2.75, 3.05) is 5.75 Å². The van der Waals surface area contributed by atoms with Crippen molar-refractivity contribution >= 4 is 34.9 Å². The molecule has 3 aromatic rings. The van der Waals surface area contributed by atoms with Gasteiger partial charge in [-0.1, -0.05) is 62.0 Å². The molecular formula is C21H24N4OS. The number of para-hydroxylation sites is 2. The Morgan fingerprint density at radius 1 is 1.22 bits per heavy atom. The maximum absolute atomic E-state index is 12.1. The minimum Gasteiger partial charge on any atom is -0.319 e. The summed E-state index contributed by atoms with van der Waals surface area (Å²) >= 11 is 1.42. The monoisotopic (exact) mass is 380 g/mol. The molecule has 0 spiro atoms. The number of rotatable bonds is 7. The first-order valence-corrected chi connectivity index (χ1v) is 10.1. The van der Waals surface area contributed by atoms with Gasteiger partial charge in [0.05, 0.1) is 23.0 Å². The van der Waals surface area contributed by atoms with E-state index < -0.39 is 0 Å². The van der Waals surface area contributed by atoms with Crippen molar-refractivity contribution in [1.82, 2.24) is 15.0 Å². The van der Waals surface area contributed by atoms with Crippen molar-refractivity contribution in [2.24, 2.45) is 5.10 Å². The normalized spacial score (nSPS) is 11.6. The highest BCUT2D eigenvalue weighted by atomic mass is 32.2. The Bertz CT molecular complexity index is 944. The van der Waals surface area contributed by atoms with Crippen LogP contribution in [-0.4, -0.2) is 27.4 Å². The van der Waals surface area contributed by atoms with Gasteiger partial charge in [-0.15, -0.1) is 0 Å². The van der Waals surface area contributed by atoms with Crippen LogP contribution >= 0.6 is 11.8 Å². The van der Waals surface area contributed by atoms with Crippen LogP contribution in [0, 0.1) is 0 Å². The molecule has 27 heavy (non-hydrogen) atoms. The number of benzene rings is 2. The fourth-order valence-corrected chi connectivity index (χ4v) is 3.65. The van der Waals surface area contributed by atoms with Gasteiger partial charge in [-0.3, -0.25) is 4.79 Å². The summed E-state index contributed by atoms with van der Waals surface area (Å²) in [5.74, 6) is 0.622. The standard InChI is InChI=1S/C21H24N4OS/c1-4-25-19-8-6-5-7-18(19)23-21(25)27-14-20(26)24-22-13-16-9-11-17(12-10-16)15(2)3/h5-13,15H,4,14H2,1-3H3,(H,24,26)/b22-13-. The maximum atomic E-state index is 12.1. The van der Waals surface area contributed by atoms with Crippen molar-refractivity contribution < 1.29 is 4.79 Å². The predicted octanol–water partition coefficient (Wildman–Crippen LogP) is 4.42. The minimum atomic E-state index is -0.148. The van der Waals surface area contributed by atoms with Gasteiger partial charge in [0.2, 0.25) is 0 Å². The molecule has 0 aliphatic heterocycles. The fraction of sp³-hybridized carbons (Fsp3) is 0.286. The molecule has 1 aromatic heterocycles. The number of carbonyl (C=O) groups is 1. The Morgan fingerprint density at radius 3 is 2.67 bits per heavy atom. The van der Waals surface area contributed by atoms with Gasteiger partial charge in [-0.25, -0.2) is 10.4 Å². The Balaban J connectivity index is 1.55. The van der Waals surface area contributed by atoms with Crippen LogP contribution in [0.25, 0.3) is 11.0 Å². The molecule has 0 bridgehead atoms. The highest BCUT2D eigenvalue weighted by Gasteiger charge is 2.11. The van der Waals surface area contributed by atoms with E-state index in [1.54, 1.807) is 6.21 Å². The average molecular weight is 381 g/mol. The van der Waals surface area contributed by atoms with Gasteiger partial charge in [0.25, 0.3) is 5.91 Å². The van der Waals surface area contributed by atoms with Crippen LogP contribution in [-0.2, 0) is 11.3 Å². The molecule has 1 N–H and O–H groups in total. The molecule has 0 aliphatic carbocycles. The molecule has 140 valence electrons. The van der Waals surface area contributed by atoms with Gasteiger partial charge in [0.1, 0.15) is 0 Å². The minimum absolute atomic E-state index is 0.148. The number of thioether (sulfide) groups is 1. The van der Waals surface area contributed by atoms with E-state index in [2.05, 4.69) is 53.0 Å². The lowest BCUT2D eigenvalue weighted by Crippen LogP contribution is -2.20. The first kappa shape index (κ1) is 19.2. The van der Waals surface area contributed by atoms with E-state index >= 15 is 0 Å². The Morgan fingerprint density at radius 2 is 1.96 bits per heavy atom. The number of hydrogen-bond acceptors (Lipinski definition) is 4. The molecule has 1 heterocycles. The number of imidazole rings is 1. The van der Waals surface area contributed by atoms with Crippen molar-refractivity contribution in [3.63, 3.8) is 0 Å². The van der Waals surface area contributed by atoms with E-state index in [0.29, 0.717) is 5.92 Å². The highest BCUT2D eigenvalue weighted by Crippen LogP contribution is 2.23. The molecule has 0 unspecified atom stereocenters. The van der Waals surface area contributed by atoms with Crippen LogP contribution < -0.4 is 5.43 Å². The molecule has 1 amide bonds. The zero-order chi connectivity index (χ0) is 19.2. The average Bonchev–Trinajstić information content (AvgIpc) is 3.04. The van der Waals surface area contributed by atoms with Crippen LogP contribution in [0.3, 0.4) is 0 Å². The predicted molar refractivity (Wildman–Crippen MR) is 112 cm³/mol. The van der Waals surface area contributed by atoms with Gasteiger partial charge in [-0.05, 0) is 36.1 Å². The number of carbonyl (C=O) groups excluding carboxylic acids is 1. The van der Waals surface area contributed by atoms with Crippen molar-refractivity contribution in [2.45, 2.75) is 38.4 Å². The van der Waals surface area contributed by atoms with Gasteiger partial charge in [-0.2, -0.15) is 5.10 Å². The largest absolute Gasteiger partial charge is 0.319 e. The number of amides is 1. The second-order valence-corrected chi connectivity index (χ2v) is 7.47. The van der Waals surface area contributed by atoms with Crippen LogP contribution in [0.2, 0.25) is 0 Å². The molecule has 0 fully saturated rings. The summed E-state index contributed by atoms with van der Waals surface area (Å²) in [5.41, 5.74) is 6.86. The zero-order valence-electron chi connectivity index (χ0n) is 15.8. The van der Waals surface area contributed by atoms with Gasteiger partial charge < -0.3 is 4.57 Å². The number of hydrogen-bond donors (Lipinski definition) is 1. The zero-order valence-corrected chi connectivity index (χ0v) is 16.7. The third-order valence-corrected chi connectivity index (χ3v) is 5.25. The molecular weight excluding hydrogens is 356 g/mol. The van der Waals surface area contributed by atoms with Gasteiger partial charge in [0.15, 0.2) is 5.16 Å². The third kappa shape index (κ3) is 4.77. The number of nitrogens with one attached hydrogen (secondary N) is 1. The van der Waals surface area contributed by atoms with Crippen molar-refractivity contribution in [3.05, 3.63) is 59.7 Å². The van der Waals surface area contributed by atoms with E-state index in [4.69, 9.17) is 0 Å². The first-order chi connectivity index (χ1) is 13.1. The summed E-state index contributed by atoms with van der Waals surface area (Å²) in [6, 6.07) is 16.2. The molecule has 0 aliphatic rings. The summed E-state index contributed by atoms with van der Waals surface area (Å²) in [7, 11) is 0. The lowest BCUT2D eigenvalue weighted by molar-refractivity contribution is -0.118. The van der Waals surface area contributed by atoms with E-state index in [1.807, 2.05) is 36.4 Å². The molecule has 0 radical (unpaired) electrons. The quantitative estimate of drug-likeness (QED) is 0.375. The summed E-state index contributed by atoms with van der Waals surface area (Å²) in [4.78, 5) is 16.7. The molecule has 3 rings (SSSR count). The molecule has 0 atom stereocenters. The highest BCUT2D eigenvalue weighted by molar-refractivity contribution is 7.99. The number of nitrogens with zero attached hydrogens (tertiary/aromatic N) is 3. The Hall–Kier alpha value is -2.60. The van der Waals surface area contributed by atoms with Crippen molar-refractivity contribution in [1.29, 1.82) is 0 Å². The Labute approximate surface area is 163 Å². The SMILES string of the molecule is CCn1c(SCC(=O)N/N=C\c2ccc(C(C)C)cc2)nc2ccccc21. The summed E-state index contributed by atoms with van der Waals surface area (Å²) in [6.07, 6.45) is 1.66. The second kappa shape index (κ2) is 8.86. The number of fused-ring (bicyclic) bond motifs is 1. The van der Waals surface area contributed by atoms with E-state index in [9.17, 15) is 4.79 Å². The van der Waals surface area contributed by atoms with Crippen molar-refractivity contribution in [3.8, 4) is 0 Å². The summed E-state index contributed by atoms with van der Waals surface area (Å²) in [6.45, 7) is 7.21. The maximum Gasteiger partial charge on any atom is 0.250 e. The molecule has 0 saturated heterocycles. The summed E-state index contributed by atoms with van der Waals surface area (Å²) in [5, 5.41) is 4.90. The molecule has 0 saturated carbocycles. The topological polar surface area (TPSA) is 59.3 Å².